The third-order valence-electron chi connectivity index (χ3n) is 4.26. The lowest BCUT2D eigenvalue weighted by Gasteiger charge is -2.43. The van der Waals surface area contributed by atoms with E-state index in [0.29, 0.717) is 5.54 Å². The largest absolute Gasteiger partial charge is 0.375 e. The molecule has 0 unspecified atom stereocenters. The van der Waals surface area contributed by atoms with Crippen LogP contribution in [0.25, 0.3) is 0 Å². The zero-order valence-corrected chi connectivity index (χ0v) is 10.4. The first-order chi connectivity index (χ1) is 7.68. The van der Waals surface area contributed by atoms with Gasteiger partial charge in [0.15, 0.2) is 0 Å². The number of ether oxygens (including phenoxy) is 1. The van der Waals surface area contributed by atoms with Crippen LogP contribution in [0.5, 0.6) is 0 Å². The summed E-state index contributed by atoms with van der Waals surface area (Å²) in [6.07, 6.45) is 4.86. The van der Waals surface area contributed by atoms with Crippen molar-refractivity contribution in [3.63, 3.8) is 0 Å². The molecule has 0 aromatic rings. The van der Waals surface area contributed by atoms with Crippen molar-refractivity contribution in [2.75, 3.05) is 40.4 Å². The standard InChI is InChI=1S/C12H22N2O2/c1-13-7-3-4-12(13)5-8-14(9-6-12)11(15)10-16-2/h3-10H2,1-2H3. The first-order valence-electron chi connectivity index (χ1n) is 6.16. The fourth-order valence-electron chi connectivity index (χ4n) is 3.09. The van der Waals surface area contributed by atoms with Gasteiger partial charge < -0.3 is 14.5 Å². The summed E-state index contributed by atoms with van der Waals surface area (Å²) in [6, 6.07) is 0. The van der Waals surface area contributed by atoms with Crippen molar-refractivity contribution in [3.8, 4) is 0 Å². The van der Waals surface area contributed by atoms with E-state index in [0.717, 1.165) is 25.9 Å². The van der Waals surface area contributed by atoms with Crippen molar-refractivity contribution in [3.05, 3.63) is 0 Å². The lowest BCUT2D eigenvalue weighted by atomic mass is 9.85. The Morgan fingerprint density at radius 2 is 1.94 bits per heavy atom. The number of likely N-dealkylation sites (tertiary alicyclic amines) is 2. The number of carbonyl (C=O) groups is 1. The summed E-state index contributed by atoms with van der Waals surface area (Å²) in [5, 5.41) is 0. The molecule has 16 heavy (non-hydrogen) atoms. The maximum atomic E-state index is 11.7. The van der Waals surface area contributed by atoms with E-state index < -0.39 is 0 Å². The molecule has 1 spiro atoms. The number of hydrogen-bond donors (Lipinski definition) is 0. The summed E-state index contributed by atoms with van der Waals surface area (Å²) < 4.78 is 4.89. The highest BCUT2D eigenvalue weighted by molar-refractivity contribution is 5.77. The van der Waals surface area contributed by atoms with E-state index >= 15 is 0 Å². The first kappa shape index (κ1) is 11.9. The zero-order valence-electron chi connectivity index (χ0n) is 10.4. The second-order valence-electron chi connectivity index (χ2n) is 5.06. The van der Waals surface area contributed by atoms with E-state index in [1.807, 2.05) is 4.90 Å². The van der Waals surface area contributed by atoms with Gasteiger partial charge in [0.2, 0.25) is 5.91 Å². The summed E-state index contributed by atoms with van der Waals surface area (Å²) in [5.74, 6) is 0.137. The molecule has 0 bridgehead atoms. The predicted octanol–water partition coefficient (Wildman–Crippen LogP) is 0.720. The van der Waals surface area contributed by atoms with Crippen molar-refractivity contribution in [1.29, 1.82) is 0 Å². The average Bonchev–Trinajstić information content (AvgIpc) is 2.62. The van der Waals surface area contributed by atoms with Crippen molar-refractivity contribution in [2.24, 2.45) is 0 Å². The van der Waals surface area contributed by atoms with Gasteiger partial charge in [-0.25, -0.2) is 0 Å². The molecule has 0 saturated carbocycles. The SMILES string of the molecule is COCC(=O)N1CCC2(CCCN2C)CC1. The highest BCUT2D eigenvalue weighted by atomic mass is 16.5. The molecule has 2 aliphatic rings. The molecule has 4 heteroatoms. The van der Waals surface area contributed by atoms with Crippen LogP contribution in [0, 0.1) is 0 Å². The molecular weight excluding hydrogens is 204 g/mol. The Balaban J connectivity index is 1.89. The molecule has 0 aromatic heterocycles. The molecule has 2 saturated heterocycles. The van der Waals surface area contributed by atoms with Crippen LogP contribution in [-0.2, 0) is 9.53 Å². The molecule has 0 N–H and O–H groups in total. The van der Waals surface area contributed by atoms with Crippen molar-refractivity contribution in [1.82, 2.24) is 9.80 Å². The molecule has 2 heterocycles. The van der Waals surface area contributed by atoms with Gasteiger partial charge in [0, 0.05) is 25.7 Å². The predicted molar refractivity (Wildman–Crippen MR) is 62.3 cm³/mol. The van der Waals surface area contributed by atoms with E-state index in [9.17, 15) is 4.79 Å². The molecule has 2 aliphatic heterocycles. The zero-order chi connectivity index (χ0) is 11.6. The quantitative estimate of drug-likeness (QED) is 0.695. The number of rotatable bonds is 2. The Kier molecular flexibility index (Phi) is 3.50. The fourth-order valence-corrected chi connectivity index (χ4v) is 3.09. The second kappa shape index (κ2) is 4.72. The van der Waals surface area contributed by atoms with E-state index in [1.54, 1.807) is 7.11 Å². The average molecular weight is 226 g/mol. The van der Waals surface area contributed by atoms with Crippen molar-refractivity contribution >= 4 is 5.91 Å². The molecule has 92 valence electrons. The van der Waals surface area contributed by atoms with Crippen molar-refractivity contribution < 1.29 is 9.53 Å². The number of hydrogen-bond acceptors (Lipinski definition) is 3. The summed E-state index contributed by atoms with van der Waals surface area (Å²) in [7, 11) is 3.80. The van der Waals surface area contributed by atoms with E-state index in [2.05, 4.69) is 11.9 Å². The minimum atomic E-state index is 0.137. The van der Waals surface area contributed by atoms with Gasteiger partial charge in [-0.2, -0.15) is 0 Å². The Bertz CT molecular complexity index is 260. The Hall–Kier alpha value is -0.610. The summed E-state index contributed by atoms with van der Waals surface area (Å²) >= 11 is 0. The van der Waals surface area contributed by atoms with Crippen molar-refractivity contribution in [2.45, 2.75) is 31.2 Å². The third kappa shape index (κ3) is 2.09. The number of nitrogens with zero attached hydrogens (tertiary/aromatic N) is 2. The lowest BCUT2D eigenvalue weighted by Crippen LogP contribution is -2.52. The van der Waals surface area contributed by atoms with Gasteiger partial charge in [-0.05, 0) is 39.3 Å². The van der Waals surface area contributed by atoms with Gasteiger partial charge in [0.25, 0.3) is 0 Å². The van der Waals surface area contributed by atoms with Crippen LogP contribution in [0.3, 0.4) is 0 Å². The number of carbonyl (C=O) groups excluding carboxylic acids is 1. The normalized spacial score (nSPS) is 25.2. The molecule has 2 fully saturated rings. The Morgan fingerprint density at radius 3 is 2.44 bits per heavy atom. The molecule has 4 nitrogen and oxygen atoms in total. The Labute approximate surface area is 97.5 Å². The maximum absolute atomic E-state index is 11.7. The van der Waals surface area contributed by atoms with Gasteiger partial charge in [0.05, 0.1) is 0 Å². The minimum Gasteiger partial charge on any atom is -0.375 e. The third-order valence-corrected chi connectivity index (χ3v) is 4.26. The number of methoxy groups -OCH3 is 1. The van der Waals surface area contributed by atoms with Crippen LogP contribution >= 0.6 is 0 Å². The highest BCUT2D eigenvalue weighted by Crippen LogP contribution is 2.36. The van der Waals surface area contributed by atoms with Crippen LogP contribution in [-0.4, -0.2) is 61.6 Å². The highest BCUT2D eigenvalue weighted by Gasteiger charge is 2.41. The molecule has 0 aromatic carbocycles. The van der Waals surface area contributed by atoms with E-state index in [1.165, 1.54) is 19.4 Å². The first-order valence-corrected chi connectivity index (χ1v) is 6.16. The van der Waals surface area contributed by atoms with Gasteiger partial charge in [-0.1, -0.05) is 0 Å². The topological polar surface area (TPSA) is 32.8 Å². The van der Waals surface area contributed by atoms with Gasteiger partial charge in [-0.3, -0.25) is 4.79 Å². The fraction of sp³-hybridized carbons (Fsp3) is 0.917. The van der Waals surface area contributed by atoms with Crippen LogP contribution in [0.1, 0.15) is 25.7 Å². The molecule has 0 aliphatic carbocycles. The van der Waals surface area contributed by atoms with Gasteiger partial charge >= 0.3 is 0 Å². The molecule has 0 atom stereocenters. The van der Waals surface area contributed by atoms with Crippen LogP contribution in [0.4, 0.5) is 0 Å². The summed E-state index contributed by atoms with van der Waals surface area (Å²) in [5.41, 5.74) is 0.393. The Morgan fingerprint density at radius 1 is 1.25 bits per heavy atom. The number of piperidine rings is 1. The van der Waals surface area contributed by atoms with E-state index in [-0.39, 0.29) is 12.5 Å². The molecule has 0 radical (unpaired) electrons. The lowest BCUT2D eigenvalue weighted by molar-refractivity contribution is -0.137. The minimum absolute atomic E-state index is 0.137. The summed E-state index contributed by atoms with van der Waals surface area (Å²) in [6.45, 7) is 3.23. The van der Waals surface area contributed by atoms with Crippen LogP contribution < -0.4 is 0 Å². The maximum Gasteiger partial charge on any atom is 0.248 e. The van der Waals surface area contributed by atoms with Crippen LogP contribution in [0.15, 0.2) is 0 Å². The monoisotopic (exact) mass is 226 g/mol. The summed E-state index contributed by atoms with van der Waals surface area (Å²) in [4.78, 5) is 16.1. The van der Waals surface area contributed by atoms with Crippen LogP contribution in [0.2, 0.25) is 0 Å². The number of amides is 1. The molecule has 1 amide bonds. The van der Waals surface area contributed by atoms with E-state index in [4.69, 9.17) is 4.74 Å². The smallest absolute Gasteiger partial charge is 0.248 e. The van der Waals surface area contributed by atoms with Gasteiger partial charge in [0.1, 0.15) is 6.61 Å². The van der Waals surface area contributed by atoms with Gasteiger partial charge in [-0.15, -0.1) is 0 Å². The molecular formula is C12H22N2O2. The second-order valence-corrected chi connectivity index (χ2v) is 5.06. The molecule has 2 rings (SSSR count).